The highest BCUT2D eigenvalue weighted by Crippen LogP contribution is 2.23. The lowest BCUT2D eigenvalue weighted by Gasteiger charge is -2.07. The van der Waals surface area contributed by atoms with Crippen LogP contribution in [0.1, 0.15) is 0 Å². The summed E-state index contributed by atoms with van der Waals surface area (Å²) in [4.78, 5) is 19.7. The zero-order valence-corrected chi connectivity index (χ0v) is 7.92. The number of carbonyl (C=O) groups excluding carboxylic acids is 1. The van der Waals surface area contributed by atoms with Gasteiger partial charge in [-0.3, -0.25) is 14.9 Å². The molecule has 0 bridgehead atoms. The van der Waals surface area contributed by atoms with Gasteiger partial charge in [-0.2, -0.15) is 17.6 Å². The number of nitro benzene ring substituents is 1. The Morgan fingerprint density at radius 1 is 1.35 bits per heavy atom. The van der Waals surface area contributed by atoms with E-state index in [1.165, 1.54) is 5.32 Å². The van der Waals surface area contributed by atoms with Crippen molar-refractivity contribution in [3.8, 4) is 0 Å². The molecule has 0 heterocycles. The number of rotatable bonds is 2. The Kier molecular flexibility index (Phi) is 3.30. The van der Waals surface area contributed by atoms with Crippen molar-refractivity contribution in [3.05, 3.63) is 34.1 Å². The summed E-state index contributed by atoms with van der Waals surface area (Å²) in [6.45, 7) is 0. The van der Waals surface area contributed by atoms with Crippen LogP contribution < -0.4 is 5.32 Å². The maximum atomic E-state index is 12.8. The first-order valence-corrected chi connectivity index (χ1v) is 4.04. The van der Waals surface area contributed by atoms with Crippen LogP contribution in [0.25, 0.3) is 0 Å². The summed E-state index contributed by atoms with van der Waals surface area (Å²) in [5, 5.41) is 11.7. The lowest BCUT2D eigenvalue weighted by Crippen LogP contribution is -2.29. The maximum Gasteiger partial charge on any atom is 0.471 e. The van der Waals surface area contributed by atoms with Crippen LogP contribution >= 0.6 is 0 Å². The Labute approximate surface area is 91.2 Å². The molecule has 0 aliphatic heterocycles. The summed E-state index contributed by atoms with van der Waals surface area (Å²) >= 11 is 0. The first-order valence-electron chi connectivity index (χ1n) is 4.04. The first-order chi connectivity index (χ1) is 7.71. The number of nitrogens with zero attached hydrogens (tertiary/aromatic N) is 1. The molecule has 0 aromatic heterocycles. The van der Waals surface area contributed by atoms with Gasteiger partial charge in [0, 0.05) is 11.8 Å². The molecule has 9 heteroatoms. The van der Waals surface area contributed by atoms with Crippen molar-refractivity contribution in [2.24, 2.45) is 0 Å². The molecular formula is C8H4F4N2O3. The highest BCUT2D eigenvalue weighted by atomic mass is 19.4. The molecule has 0 atom stereocenters. The molecule has 17 heavy (non-hydrogen) atoms. The molecule has 0 spiro atoms. The van der Waals surface area contributed by atoms with E-state index in [0.717, 1.165) is 6.07 Å². The number of benzene rings is 1. The highest BCUT2D eigenvalue weighted by Gasteiger charge is 2.38. The second-order valence-electron chi connectivity index (χ2n) is 2.88. The molecule has 0 aliphatic rings. The van der Waals surface area contributed by atoms with Crippen molar-refractivity contribution >= 4 is 17.3 Å². The third-order valence-corrected chi connectivity index (χ3v) is 1.66. The minimum absolute atomic E-state index is 0.499. The fourth-order valence-electron chi connectivity index (χ4n) is 0.932. The predicted molar refractivity (Wildman–Crippen MR) is 47.7 cm³/mol. The van der Waals surface area contributed by atoms with Gasteiger partial charge >= 0.3 is 17.8 Å². The van der Waals surface area contributed by atoms with E-state index in [4.69, 9.17) is 0 Å². The van der Waals surface area contributed by atoms with Crippen LogP contribution in [0.3, 0.4) is 0 Å². The van der Waals surface area contributed by atoms with Crippen LogP contribution in [-0.4, -0.2) is 17.0 Å². The molecule has 92 valence electrons. The van der Waals surface area contributed by atoms with Crippen LogP contribution in [0.5, 0.6) is 0 Å². The predicted octanol–water partition coefficient (Wildman–Crippen LogP) is 2.23. The quantitative estimate of drug-likeness (QED) is 0.498. The summed E-state index contributed by atoms with van der Waals surface area (Å²) in [5.74, 6) is -3.50. The molecule has 1 rings (SSSR count). The Hall–Kier alpha value is -2.19. The molecule has 0 saturated carbocycles. The standard InChI is InChI=1S/C8H4F4N2O3/c9-5-2-1-4(3-6(5)14(16)17)13-7(15)8(10,11)12/h1-3H,(H,13,15). The lowest BCUT2D eigenvalue weighted by molar-refractivity contribution is -0.387. The van der Waals surface area contributed by atoms with E-state index in [2.05, 4.69) is 0 Å². The van der Waals surface area contributed by atoms with E-state index < -0.39 is 34.2 Å². The van der Waals surface area contributed by atoms with Gasteiger partial charge in [-0.1, -0.05) is 0 Å². The van der Waals surface area contributed by atoms with E-state index in [9.17, 15) is 32.5 Å². The molecule has 0 radical (unpaired) electrons. The topological polar surface area (TPSA) is 72.2 Å². The number of nitrogens with one attached hydrogen (secondary N) is 1. The number of nitro groups is 1. The smallest absolute Gasteiger partial charge is 0.318 e. The Bertz CT molecular complexity index is 472. The normalized spacial score (nSPS) is 11.1. The lowest BCUT2D eigenvalue weighted by atomic mass is 10.2. The number of hydrogen-bond donors (Lipinski definition) is 1. The van der Waals surface area contributed by atoms with Crippen molar-refractivity contribution in [1.29, 1.82) is 0 Å². The third-order valence-electron chi connectivity index (χ3n) is 1.66. The number of carbonyl (C=O) groups is 1. The zero-order chi connectivity index (χ0) is 13.2. The van der Waals surface area contributed by atoms with Gasteiger partial charge in [-0.25, -0.2) is 0 Å². The molecule has 0 saturated heterocycles. The fraction of sp³-hybridized carbons (Fsp3) is 0.125. The summed E-state index contributed by atoms with van der Waals surface area (Å²) in [6.07, 6.45) is -5.12. The van der Waals surface area contributed by atoms with Crippen LogP contribution in [-0.2, 0) is 4.79 Å². The number of amides is 1. The number of alkyl halides is 3. The number of halogens is 4. The summed E-state index contributed by atoms with van der Waals surface area (Å²) in [5.41, 5.74) is -1.54. The molecular weight excluding hydrogens is 248 g/mol. The van der Waals surface area contributed by atoms with E-state index in [1.54, 1.807) is 0 Å². The van der Waals surface area contributed by atoms with Gasteiger partial charge in [0.05, 0.1) is 4.92 Å². The highest BCUT2D eigenvalue weighted by molar-refractivity contribution is 5.95. The van der Waals surface area contributed by atoms with E-state index in [0.29, 0.717) is 12.1 Å². The van der Waals surface area contributed by atoms with Gasteiger partial charge in [-0.05, 0) is 12.1 Å². The first kappa shape index (κ1) is 12.9. The third kappa shape index (κ3) is 3.13. The van der Waals surface area contributed by atoms with Crippen molar-refractivity contribution in [2.75, 3.05) is 5.32 Å². The summed E-state index contributed by atoms with van der Waals surface area (Å²) < 4.78 is 48.4. The second kappa shape index (κ2) is 4.36. The minimum atomic E-state index is -5.12. The van der Waals surface area contributed by atoms with Crippen molar-refractivity contribution in [3.63, 3.8) is 0 Å². The molecule has 1 amide bonds. The largest absolute Gasteiger partial charge is 0.471 e. The summed E-state index contributed by atoms with van der Waals surface area (Å²) in [6, 6.07) is 1.87. The molecule has 1 aromatic carbocycles. The zero-order valence-electron chi connectivity index (χ0n) is 7.92. The molecule has 1 N–H and O–H groups in total. The molecule has 5 nitrogen and oxygen atoms in total. The Morgan fingerprint density at radius 3 is 2.41 bits per heavy atom. The minimum Gasteiger partial charge on any atom is -0.318 e. The van der Waals surface area contributed by atoms with E-state index in [-0.39, 0.29) is 0 Å². The monoisotopic (exact) mass is 252 g/mol. The molecule has 0 unspecified atom stereocenters. The summed E-state index contributed by atoms with van der Waals surface area (Å²) in [7, 11) is 0. The second-order valence-corrected chi connectivity index (χ2v) is 2.88. The van der Waals surface area contributed by atoms with Crippen molar-refractivity contribution in [2.45, 2.75) is 6.18 Å². The van der Waals surface area contributed by atoms with Crippen LogP contribution in [0, 0.1) is 15.9 Å². The van der Waals surface area contributed by atoms with Crippen LogP contribution in [0.15, 0.2) is 18.2 Å². The van der Waals surface area contributed by atoms with Gasteiger partial charge in [0.15, 0.2) is 0 Å². The fourth-order valence-corrected chi connectivity index (χ4v) is 0.932. The van der Waals surface area contributed by atoms with Gasteiger partial charge in [0.2, 0.25) is 5.82 Å². The van der Waals surface area contributed by atoms with E-state index >= 15 is 0 Å². The van der Waals surface area contributed by atoms with Crippen molar-refractivity contribution in [1.82, 2.24) is 0 Å². The average molecular weight is 252 g/mol. The molecule has 0 fully saturated rings. The number of anilines is 1. The Balaban J connectivity index is 2.98. The molecule has 1 aromatic rings. The van der Waals surface area contributed by atoms with Crippen LogP contribution in [0.2, 0.25) is 0 Å². The van der Waals surface area contributed by atoms with Crippen LogP contribution in [0.4, 0.5) is 28.9 Å². The van der Waals surface area contributed by atoms with Gasteiger partial charge in [0.1, 0.15) is 0 Å². The van der Waals surface area contributed by atoms with Gasteiger partial charge in [-0.15, -0.1) is 0 Å². The SMILES string of the molecule is O=C(Nc1ccc(F)c([N+](=O)[O-])c1)C(F)(F)F. The van der Waals surface area contributed by atoms with E-state index in [1.807, 2.05) is 0 Å². The molecule has 0 aliphatic carbocycles. The van der Waals surface area contributed by atoms with Gasteiger partial charge in [0.25, 0.3) is 0 Å². The maximum absolute atomic E-state index is 12.8. The Morgan fingerprint density at radius 2 is 1.94 bits per heavy atom. The van der Waals surface area contributed by atoms with Crippen molar-refractivity contribution < 1.29 is 27.3 Å². The van der Waals surface area contributed by atoms with Gasteiger partial charge < -0.3 is 5.32 Å². The average Bonchev–Trinajstić information content (AvgIpc) is 2.19. The number of hydrogen-bond acceptors (Lipinski definition) is 3.